The van der Waals surface area contributed by atoms with Crippen LogP contribution in [0.15, 0.2) is 24.4 Å². The third-order valence-corrected chi connectivity index (χ3v) is 3.62. The van der Waals surface area contributed by atoms with Crippen molar-refractivity contribution in [2.24, 2.45) is 0 Å². The van der Waals surface area contributed by atoms with E-state index in [1.165, 1.54) is 10.2 Å². The largest absolute Gasteiger partial charge is 0.380 e. The average molecular weight is 257 g/mol. The molecular weight excluding hydrogens is 243 g/mol. The molecule has 0 atom stereocenters. The number of rotatable bonds is 2. The number of nitrogens with zero attached hydrogens (tertiary/aromatic N) is 2. The van der Waals surface area contributed by atoms with Gasteiger partial charge in [0.1, 0.15) is 0 Å². The minimum Gasteiger partial charge on any atom is -0.380 e. The second-order valence-corrected chi connectivity index (χ2v) is 5.61. The van der Waals surface area contributed by atoms with Crippen molar-refractivity contribution in [1.29, 1.82) is 0 Å². The van der Waals surface area contributed by atoms with Crippen LogP contribution in [0.3, 0.4) is 0 Å². The van der Waals surface area contributed by atoms with Crippen LogP contribution < -0.4 is 5.32 Å². The van der Waals surface area contributed by atoms with E-state index in [9.17, 15) is 0 Å². The zero-order valence-corrected chi connectivity index (χ0v) is 11.7. The first-order valence-corrected chi connectivity index (χ1v) is 6.70. The van der Waals surface area contributed by atoms with E-state index in [2.05, 4.69) is 36.4 Å². The van der Waals surface area contributed by atoms with Gasteiger partial charge in [-0.2, -0.15) is 5.10 Å². The maximum Gasteiger partial charge on any atom is 0.0993 e. The fourth-order valence-corrected chi connectivity index (χ4v) is 2.59. The van der Waals surface area contributed by atoms with Gasteiger partial charge in [-0.15, -0.1) is 0 Å². The van der Waals surface area contributed by atoms with E-state index in [-0.39, 0.29) is 0 Å². The fourth-order valence-electron chi connectivity index (χ4n) is 2.59. The Labute approximate surface area is 123 Å². The first-order chi connectivity index (χ1) is 9.38. The molecule has 1 aliphatic heterocycles. The molecule has 20 heavy (non-hydrogen) atoms. The maximum atomic E-state index is 5.70. The van der Waals surface area contributed by atoms with Gasteiger partial charge in [-0.1, -0.05) is 32.0 Å². The molecule has 0 bridgehead atoms. The molecule has 0 fully saturated rings. The Bertz CT molecular complexity index is 656. The Morgan fingerprint density at radius 3 is 2.70 bits per heavy atom. The molecule has 0 amide bonds. The normalized spacial score (nSPS) is 13.8. The summed E-state index contributed by atoms with van der Waals surface area (Å²) in [6, 6.07) is 6.23. The van der Waals surface area contributed by atoms with Gasteiger partial charge in [0, 0.05) is 29.6 Å². The van der Waals surface area contributed by atoms with Gasteiger partial charge in [0.05, 0.1) is 29.2 Å². The van der Waals surface area contributed by atoms with E-state index in [1.807, 2.05) is 6.07 Å². The van der Waals surface area contributed by atoms with Crippen LogP contribution in [-0.4, -0.2) is 33.3 Å². The standard InChI is InChI=1S/C14H14B3N3/c1-8(2)10-4-3-5-11-12-9(6-18-13(10)11)7-20(19-12)14(15,16)17/h3-5,7-8,18H,6H2,1-2H3. The predicted molar refractivity (Wildman–Crippen MR) is 84.3 cm³/mol. The minimum atomic E-state index is -1.48. The number of benzene rings is 1. The van der Waals surface area contributed by atoms with Crippen LogP contribution in [0.4, 0.5) is 5.69 Å². The lowest BCUT2D eigenvalue weighted by molar-refractivity contribution is 0.673. The first-order valence-electron chi connectivity index (χ1n) is 6.70. The van der Waals surface area contributed by atoms with E-state index in [0.29, 0.717) is 12.5 Å². The molecule has 3 rings (SSSR count). The van der Waals surface area contributed by atoms with Gasteiger partial charge in [-0.3, -0.25) is 4.68 Å². The molecule has 1 N–H and O–H groups in total. The van der Waals surface area contributed by atoms with Gasteiger partial charge < -0.3 is 5.32 Å². The monoisotopic (exact) mass is 257 g/mol. The van der Waals surface area contributed by atoms with Gasteiger partial charge in [-0.25, -0.2) is 0 Å². The smallest absolute Gasteiger partial charge is 0.0993 e. The molecular formula is C14H14B3N3. The van der Waals surface area contributed by atoms with E-state index in [0.717, 1.165) is 22.5 Å². The third-order valence-electron chi connectivity index (χ3n) is 3.62. The van der Waals surface area contributed by atoms with Crippen LogP contribution in [0.1, 0.15) is 30.9 Å². The zero-order chi connectivity index (χ0) is 14.5. The molecule has 0 saturated heterocycles. The maximum absolute atomic E-state index is 5.70. The van der Waals surface area contributed by atoms with Gasteiger partial charge in [0.25, 0.3) is 0 Å². The highest BCUT2D eigenvalue weighted by Gasteiger charge is 2.24. The molecule has 1 aromatic carbocycles. The Hall–Kier alpha value is -1.58. The van der Waals surface area contributed by atoms with E-state index in [1.54, 1.807) is 6.20 Å². The highest BCUT2D eigenvalue weighted by molar-refractivity contribution is 6.56. The van der Waals surface area contributed by atoms with Crippen molar-refractivity contribution in [3.05, 3.63) is 35.5 Å². The van der Waals surface area contributed by atoms with Crippen molar-refractivity contribution in [3.63, 3.8) is 0 Å². The van der Waals surface area contributed by atoms with E-state index in [4.69, 9.17) is 23.5 Å². The quantitative estimate of drug-likeness (QED) is 0.829. The highest BCUT2D eigenvalue weighted by atomic mass is 15.3. The summed E-state index contributed by atoms with van der Waals surface area (Å²) in [7, 11) is 17.1. The number of nitrogens with one attached hydrogen (secondary N) is 1. The number of hydrogen-bond acceptors (Lipinski definition) is 2. The summed E-state index contributed by atoms with van der Waals surface area (Å²) in [5.41, 5.74) is 5.43. The number of anilines is 1. The molecule has 1 aromatic heterocycles. The Balaban J connectivity index is 2.16. The topological polar surface area (TPSA) is 29.9 Å². The minimum absolute atomic E-state index is 0.443. The summed E-state index contributed by atoms with van der Waals surface area (Å²) in [6.07, 6.45) is 1.80. The highest BCUT2D eigenvalue weighted by Crippen LogP contribution is 2.39. The summed E-state index contributed by atoms with van der Waals surface area (Å²) in [5.74, 6) is 0.443. The van der Waals surface area contributed by atoms with Crippen LogP contribution in [-0.2, 0) is 11.8 Å². The second kappa shape index (κ2) is 4.47. The van der Waals surface area contributed by atoms with Crippen molar-refractivity contribution in [2.45, 2.75) is 31.5 Å². The lowest BCUT2D eigenvalue weighted by atomic mass is 9.49. The lowest BCUT2D eigenvalue weighted by Crippen LogP contribution is -2.35. The Morgan fingerprint density at radius 2 is 2.05 bits per heavy atom. The molecule has 3 nitrogen and oxygen atoms in total. The van der Waals surface area contributed by atoms with Crippen molar-refractivity contribution in [1.82, 2.24) is 9.78 Å². The number of aromatic nitrogens is 2. The first kappa shape index (κ1) is 13.4. The molecule has 1 aliphatic rings. The fraction of sp³-hybridized carbons (Fsp3) is 0.357. The van der Waals surface area contributed by atoms with Crippen LogP contribution in [0, 0.1) is 0 Å². The van der Waals surface area contributed by atoms with Gasteiger partial charge >= 0.3 is 0 Å². The van der Waals surface area contributed by atoms with Crippen LogP contribution in [0.2, 0.25) is 0 Å². The number of para-hydroxylation sites is 1. The summed E-state index contributed by atoms with van der Waals surface area (Å²) < 4.78 is 1.41. The third kappa shape index (κ3) is 2.07. The van der Waals surface area contributed by atoms with Crippen molar-refractivity contribution < 1.29 is 0 Å². The molecule has 0 spiro atoms. The molecule has 0 saturated carbocycles. The second-order valence-electron chi connectivity index (χ2n) is 5.61. The number of fused-ring (bicyclic) bond motifs is 3. The summed E-state index contributed by atoms with van der Waals surface area (Å²) in [6.45, 7) is 5.05. The molecule has 2 heterocycles. The SMILES string of the molecule is [B]C([B])([B])n1cc2c(n1)-c1cccc(C(C)C)c1NC2. The van der Waals surface area contributed by atoms with Crippen LogP contribution >= 0.6 is 0 Å². The van der Waals surface area contributed by atoms with Crippen molar-refractivity contribution >= 4 is 29.2 Å². The number of hydrogen-bond donors (Lipinski definition) is 1. The Kier molecular flexibility index (Phi) is 3.00. The van der Waals surface area contributed by atoms with E-state index >= 15 is 0 Å². The van der Waals surface area contributed by atoms with Gasteiger partial charge in [-0.05, 0) is 16.7 Å². The Morgan fingerprint density at radius 1 is 1.30 bits per heavy atom. The predicted octanol–water partition coefficient (Wildman–Crippen LogP) is 1.67. The molecule has 0 unspecified atom stereocenters. The average Bonchev–Trinajstić information content (AvgIpc) is 2.81. The van der Waals surface area contributed by atoms with E-state index < -0.39 is 5.24 Å². The summed E-state index contributed by atoms with van der Waals surface area (Å²) in [5, 5.41) is 6.44. The molecule has 0 aliphatic carbocycles. The van der Waals surface area contributed by atoms with Crippen molar-refractivity contribution in [3.8, 4) is 11.3 Å². The molecule has 6 heteroatoms. The lowest BCUT2D eigenvalue weighted by Gasteiger charge is -2.22. The van der Waals surface area contributed by atoms with Gasteiger partial charge in [0.15, 0.2) is 0 Å². The molecule has 2 aromatic rings. The summed E-state index contributed by atoms with van der Waals surface area (Å²) >= 11 is 0. The van der Waals surface area contributed by atoms with Crippen molar-refractivity contribution in [2.75, 3.05) is 5.32 Å². The zero-order valence-electron chi connectivity index (χ0n) is 11.7. The van der Waals surface area contributed by atoms with Crippen LogP contribution in [0.25, 0.3) is 11.3 Å². The van der Waals surface area contributed by atoms with Gasteiger partial charge in [0.2, 0.25) is 0 Å². The summed E-state index contributed by atoms with van der Waals surface area (Å²) in [4.78, 5) is 0. The molecule has 94 valence electrons. The molecule has 6 radical (unpaired) electrons. The van der Waals surface area contributed by atoms with Crippen LogP contribution in [0.5, 0.6) is 0 Å².